The summed E-state index contributed by atoms with van der Waals surface area (Å²) in [5.41, 5.74) is 2.27. The summed E-state index contributed by atoms with van der Waals surface area (Å²) >= 11 is 0. The lowest BCUT2D eigenvalue weighted by Crippen LogP contribution is -2.37. The zero-order valence-electron chi connectivity index (χ0n) is 10.0. The molecule has 0 amide bonds. The Hall–Kier alpha value is -1.53. The van der Waals surface area contributed by atoms with E-state index >= 15 is 0 Å². The van der Waals surface area contributed by atoms with E-state index in [0.717, 1.165) is 17.7 Å². The summed E-state index contributed by atoms with van der Waals surface area (Å²) in [4.78, 5) is 0. The van der Waals surface area contributed by atoms with Crippen molar-refractivity contribution in [3.8, 4) is 6.07 Å². The van der Waals surface area contributed by atoms with Crippen LogP contribution in [0.3, 0.4) is 0 Å². The van der Waals surface area contributed by atoms with Gasteiger partial charge in [0.05, 0.1) is 23.8 Å². The van der Waals surface area contributed by atoms with Gasteiger partial charge in [-0.3, -0.25) is 0 Å². The van der Waals surface area contributed by atoms with Gasteiger partial charge in [-0.1, -0.05) is 6.92 Å². The van der Waals surface area contributed by atoms with E-state index in [1.54, 1.807) is 6.07 Å². The van der Waals surface area contributed by atoms with Gasteiger partial charge in [0.25, 0.3) is 0 Å². The maximum absolute atomic E-state index is 9.30. The van der Waals surface area contributed by atoms with Crippen LogP contribution in [0, 0.1) is 18.3 Å². The summed E-state index contributed by atoms with van der Waals surface area (Å²) in [5, 5.41) is 21.4. The zero-order chi connectivity index (χ0) is 12.2. The molecule has 1 rings (SSSR count). The third-order valence-electron chi connectivity index (χ3n) is 2.92. The van der Waals surface area contributed by atoms with Crippen molar-refractivity contribution in [3.63, 3.8) is 0 Å². The summed E-state index contributed by atoms with van der Waals surface area (Å²) in [6.45, 7) is 5.99. The van der Waals surface area contributed by atoms with E-state index in [4.69, 9.17) is 5.26 Å². The number of nitrogens with zero attached hydrogens (tertiary/aromatic N) is 1. The van der Waals surface area contributed by atoms with Gasteiger partial charge in [0, 0.05) is 5.69 Å². The standard InChI is InChI=1S/C13H18N2O/c1-4-13(3,9-16)15-12-6-5-11(8-14)10(2)7-12/h5-7,15-16H,4,9H2,1-3H3. The predicted molar refractivity (Wildman–Crippen MR) is 65.3 cm³/mol. The van der Waals surface area contributed by atoms with Crippen molar-refractivity contribution in [2.24, 2.45) is 0 Å². The first-order chi connectivity index (χ1) is 7.54. The SMILES string of the molecule is CCC(C)(CO)Nc1ccc(C#N)c(C)c1. The number of nitrogens with one attached hydrogen (secondary N) is 1. The largest absolute Gasteiger partial charge is 0.394 e. The van der Waals surface area contributed by atoms with Gasteiger partial charge in [-0.2, -0.15) is 5.26 Å². The van der Waals surface area contributed by atoms with Crippen LogP contribution in [0.2, 0.25) is 0 Å². The number of rotatable bonds is 4. The number of aliphatic hydroxyl groups is 1. The molecule has 16 heavy (non-hydrogen) atoms. The lowest BCUT2D eigenvalue weighted by molar-refractivity contribution is 0.219. The van der Waals surface area contributed by atoms with Crippen LogP contribution in [0.4, 0.5) is 5.69 Å². The highest BCUT2D eigenvalue weighted by atomic mass is 16.3. The number of hydrogen-bond acceptors (Lipinski definition) is 3. The molecule has 0 heterocycles. The van der Waals surface area contributed by atoms with E-state index < -0.39 is 0 Å². The van der Waals surface area contributed by atoms with Crippen LogP contribution >= 0.6 is 0 Å². The fourth-order valence-corrected chi connectivity index (χ4v) is 1.46. The molecule has 2 N–H and O–H groups in total. The van der Waals surface area contributed by atoms with Crippen molar-refractivity contribution < 1.29 is 5.11 Å². The van der Waals surface area contributed by atoms with E-state index in [9.17, 15) is 5.11 Å². The number of aliphatic hydroxyl groups excluding tert-OH is 1. The lowest BCUT2D eigenvalue weighted by Gasteiger charge is -2.28. The molecule has 0 aliphatic rings. The molecule has 0 bridgehead atoms. The molecular formula is C13H18N2O. The molecule has 1 aromatic carbocycles. The van der Waals surface area contributed by atoms with Gasteiger partial charge in [0.2, 0.25) is 0 Å². The Labute approximate surface area is 96.7 Å². The van der Waals surface area contributed by atoms with Gasteiger partial charge in [-0.25, -0.2) is 0 Å². The zero-order valence-corrected chi connectivity index (χ0v) is 10.0. The first-order valence-corrected chi connectivity index (χ1v) is 5.44. The average molecular weight is 218 g/mol. The van der Waals surface area contributed by atoms with E-state index in [1.807, 2.05) is 32.9 Å². The fourth-order valence-electron chi connectivity index (χ4n) is 1.46. The Morgan fingerprint density at radius 3 is 2.62 bits per heavy atom. The van der Waals surface area contributed by atoms with Gasteiger partial charge in [-0.05, 0) is 44.0 Å². The summed E-state index contributed by atoms with van der Waals surface area (Å²) in [6.07, 6.45) is 0.836. The molecule has 86 valence electrons. The summed E-state index contributed by atoms with van der Waals surface area (Å²) < 4.78 is 0. The number of anilines is 1. The van der Waals surface area contributed by atoms with Crippen molar-refractivity contribution in [3.05, 3.63) is 29.3 Å². The van der Waals surface area contributed by atoms with Gasteiger partial charge in [-0.15, -0.1) is 0 Å². The third kappa shape index (κ3) is 2.74. The number of hydrogen-bond donors (Lipinski definition) is 2. The molecule has 3 heteroatoms. The molecule has 0 radical (unpaired) electrons. The Kier molecular flexibility index (Phi) is 3.92. The Morgan fingerprint density at radius 2 is 2.19 bits per heavy atom. The lowest BCUT2D eigenvalue weighted by atomic mass is 9.99. The maximum Gasteiger partial charge on any atom is 0.0994 e. The fraction of sp³-hybridized carbons (Fsp3) is 0.462. The van der Waals surface area contributed by atoms with Crippen LogP contribution in [-0.2, 0) is 0 Å². The van der Waals surface area contributed by atoms with Crippen LogP contribution < -0.4 is 5.32 Å². The van der Waals surface area contributed by atoms with Crippen molar-refractivity contribution in [2.75, 3.05) is 11.9 Å². The van der Waals surface area contributed by atoms with Gasteiger partial charge in [0.15, 0.2) is 0 Å². The molecule has 0 aliphatic heterocycles. The monoisotopic (exact) mass is 218 g/mol. The van der Waals surface area contributed by atoms with Gasteiger partial charge < -0.3 is 10.4 Å². The van der Waals surface area contributed by atoms with Crippen molar-refractivity contribution in [1.29, 1.82) is 5.26 Å². The smallest absolute Gasteiger partial charge is 0.0994 e. The Bertz CT molecular complexity index is 403. The van der Waals surface area contributed by atoms with Crippen LogP contribution in [0.5, 0.6) is 0 Å². The number of benzene rings is 1. The molecule has 1 aromatic rings. The third-order valence-corrected chi connectivity index (χ3v) is 2.92. The van der Waals surface area contributed by atoms with Crippen LogP contribution in [0.25, 0.3) is 0 Å². The first kappa shape index (κ1) is 12.5. The molecule has 0 fully saturated rings. The second-order valence-corrected chi connectivity index (χ2v) is 4.34. The van der Waals surface area contributed by atoms with Crippen molar-refractivity contribution in [1.82, 2.24) is 0 Å². The van der Waals surface area contributed by atoms with Crippen molar-refractivity contribution >= 4 is 5.69 Å². The summed E-state index contributed by atoms with van der Waals surface area (Å²) in [5.74, 6) is 0. The second-order valence-electron chi connectivity index (χ2n) is 4.34. The molecule has 0 saturated carbocycles. The minimum absolute atomic E-state index is 0.0859. The highest BCUT2D eigenvalue weighted by molar-refractivity contribution is 5.52. The molecule has 1 unspecified atom stereocenters. The second kappa shape index (κ2) is 5.00. The van der Waals surface area contributed by atoms with E-state index in [-0.39, 0.29) is 12.1 Å². The predicted octanol–water partition coefficient (Wildman–Crippen LogP) is 2.44. The van der Waals surface area contributed by atoms with E-state index in [0.29, 0.717) is 5.56 Å². The number of nitriles is 1. The quantitative estimate of drug-likeness (QED) is 0.816. The highest BCUT2D eigenvalue weighted by Gasteiger charge is 2.20. The molecular weight excluding hydrogens is 200 g/mol. The molecule has 0 saturated heterocycles. The van der Waals surface area contributed by atoms with Crippen LogP contribution in [0.15, 0.2) is 18.2 Å². The molecule has 1 atom stereocenters. The highest BCUT2D eigenvalue weighted by Crippen LogP contribution is 2.20. The van der Waals surface area contributed by atoms with E-state index in [2.05, 4.69) is 11.4 Å². The average Bonchev–Trinajstić information content (AvgIpc) is 2.29. The normalized spacial score (nSPS) is 13.9. The first-order valence-electron chi connectivity index (χ1n) is 5.44. The summed E-state index contributed by atoms with van der Waals surface area (Å²) in [7, 11) is 0. The van der Waals surface area contributed by atoms with Crippen LogP contribution in [0.1, 0.15) is 31.4 Å². The maximum atomic E-state index is 9.30. The van der Waals surface area contributed by atoms with E-state index in [1.165, 1.54) is 0 Å². The molecule has 0 aliphatic carbocycles. The molecule has 0 spiro atoms. The minimum atomic E-state index is -0.305. The Morgan fingerprint density at radius 1 is 1.50 bits per heavy atom. The van der Waals surface area contributed by atoms with Gasteiger partial charge >= 0.3 is 0 Å². The molecule has 0 aromatic heterocycles. The minimum Gasteiger partial charge on any atom is -0.394 e. The Balaban J connectivity index is 2.91. The topological polar surface area (TPSA) is 56.0 Å². The number of aryl methyl sites for hydroxylation is 1. The van der Waals surface area contributed by atoms with Crippen LogP contribution in [-0.4, -0.2) is 17.3 Å². The summed E-state index contributed by atoms with van der Waals surface area (Å²) in [6, 6.07) is 7.74. The van der Waals surface area contributed by atoms with Gasteiger partial charge in [0.1, 0.15) is 0 Å². The van der Waals surface area contributed by atoms with Crippen molar-refractivity contribution in [2.45, 2.75) is 32.7 Å². The molecule has 3 nitrogen and oxygen atoms in total.